The van der Waals surface area contributed by atoms with Crippen LogP contribution in [0, 0.1) is 0 Å². The summed E-state index contributed by atoms with van der Waals surface area (Å²) in [5.74, 6) is 0.220. The Kier molecular flexibility index (Phi) is 5.19. The highest BCUT2D eigenvalue weighted by Gasteiger charge is 2.26. The summed E-state index contributed by atoms with van der Waals surface area (Å²) < 4.78 is 0. The summed E-state index contributed by atoms with van der Waals surface area (Å²) in [6.07, 6.45) is 1.17. The van der Waals surface area contributed by atoms with Crippen molar-refractivity contribution in [2.75, 3.05) is 66.5 Å². The van der Waals surface area contributed by atoms with E-state index in [4.69, 9.17) is 0 Å². The molecule has 5 heteroatoms. The van der Waals surface area contributed by atoms with Gasteiger partial charge in [-0.2, -0.15) is 0 Å². The van der Waals surface area contributed by atoms with Crippen LogP contribution < -0.4 is 0 Å². The van der Waals surface area contributed by atoms with Gasteiger partial charge in [-0.05, 0) is 27.1 Å². The summed E-state index contributed by atoms with van der Waals surface area (Å²) in [6.45, 7) is 10.4. The van der Waals surface area contributed by atoms with Crippen LogP contribution in [0.2, 0.25) is 0 Å². The van der Waals surface area contributed by atoms with Crippen LogP contribution in [0.1, 0.15) is 13.3 Å². The number of carbonyl (C=O) groups excluding carboxylic acids is 1. The molecule has 2 fully saturated rings. The van der Waals surface area contributed by atoms with Crippen molar-refractivity contribution in [3.05, 3.63) is 0 Å². The highest BCUT2D eigenvalue weighted by atomic mass is 16.2. The highest BCUT2D eigenvalue weighted by Crippen LogP contribution is 2.12. The van der Waals surface area contributed by atoms with Gasteiger partial charge in [0, 0.05) is 58.8 Å². The zero-order valence-electron chi connectivity index (χ0n) is 12.6. The van der Waals surface area contributed by atoms with E-state index in [9.17, 15) is 4.79 Å². The number of hydrogen-bond donors (Lipinski definition) is 0. The Bertz CT molecular complexity index is 302. The smallest absolute Gasteiger partial charge is 0.219 e. The van der Waals surface area contributed by atoms with E-state index in [1.54, 1.807) is 6.92 Å². The van der Waals surface area contributed by atoms with Crippen molar-refractivity contribution in [2.45, 2.75) is 19.4 Å². The predicted molar refractivity (Wildman–Crippen MR) is 77.2 cm³/mol. The molecule has 2 aliphatic heterocycles. The number of nitrogens with zero attached hydrogens (tertiary/aromatic N) is 4. The molecule has 19 heavy (non-hydrogen) atoms. The first-order chi connectivity index (χ1) is 9.06. The lowest BCUT2D eigenvalue weighted by molar-refractivity contribution is -0.131. The normalized spacial score (nSPS) is 27.7. The first kappa shape index (κ1) is 14.8. The van der Waals surface area contributed by atoms with Crippen LogP contribution in [0.4, 0.5) is 0 Å². The fraction of sp³-hybridized carbons (Fsp3) is 0.929. The van der Waals surface area contributed by atoms with Gasteiger partial charge in [-0.1, -0.05) is 0 Å². The van der Waals surface area contributed by atoms with Gasteiger partial charge in [0.15, 0.2) is 0 Å². The Morgan fingerprint density at radius 2 is 1.74 bits per heavy atom. The topological polar surface area (TPSA) is 30.0 Å². The summed E-state index contributed by atoms with van der Waals surface area (Å²) >= 11 is 0. The molecule has 1 atom stereocenters. The molecule has 0 spiro atoms. The molecule has 0 radical (unpaired) electrons. The average molecular weight is 268 g/mol. The maximum atomic E-state index is 11.5. The van der Waals surface area contributed by atoms with Gasteiger partial charge >= 0.3 is 0 Å². The maximum absolute atomic E-state index is 11.5. The third kappa shape index (κ3) is 4.16. The van der Waals surface area contributed by atoms with Crippen LogP contribution in [-0.4, -0.2) is 98.0 Å². The first-order valence-corrected chi connectivity index (χ1v) is 7.43. The van der Waals surface area contributed by atoms with Crippen molar-refractivity contribution in [2.24, 2.45) is 0 Å². The summed E-state index contributed by atoms with van der Waals surface area (Å²) in [4.78, 5) is 20.8. The van der Waals surface area contributed by atoms with E-state index in [-0.39, 0.29) is 5.91 Å². The number of amides is 1. The molecule has 2 saturated heterocycles. The summed E-state index contributed by atoms with van der Waals surface area (Å²) in [6, 6.07) is 0.525. The van der Waals surface area contributed by atoms with E-state index in [1.165, 1.54) is 32.6 Å². The quantitative estimate of drug-likeness (QED) is 0.708. The Balaban J connectivity index is 1.75. The van der Waals surface area contributed by atoms with Crippen molar-refractivity contribution < 1.29 is 4.79 Å². The number of carbonyl (C=O) groups is 1. The van der Waals surface area contributed by atoms with E-state index in [0.29, 0.717) is 6.04 Å². The van der Waals surface area contributed by atoms with E-state index >= 15 is 0 Å². The van der Waals surface area contributed by atoms with Crippen LogP contribution in [0.15, 0.2) is 0 Å². The average Bonchev–Trinajstić information content (AvgIpc) is 2.39. The minimum Gasteiger partial charge on any atom is -0.340 e. The van der Waals surface area contributed by atoms with Crippen LogP contribution in [0.3, 0.4) is 0 Å². The Labute approximate surface area is 117 Å². The molecule has 0 N–H and O–H groups in total. The fourth-order valence-corrected chi connectivity index (χ4v) is 2.95. The zero-order valence-corrected chi connectivity index (χ0v) is 12.6. The van der Waals surface area contributed by atoms with Gasteiger partial charge in [0.25, 0.3) is 0 Å². The number of rotatable bonds is 3. The minimum atomic E-state index is 0.220. The molecule has 2 aliphatic rings. The minimum absolute atomic E-state index is 0.220. The Morgan fingerprint density at radius 1 is 1.05 bits per heavy atom. The zero-order chi connectivity index (χ0) is 13.8. The van der Waals surface area contributed by atoms with E-state index < -0.39 is 0 Å². The van der Waals surface area contributed by atoms with Crippen molar-refractivity contribution in [1.29, 1.82) is 0 Å². The van der Waals surface area contributed by atoms with Gasteiger partial charge in [-0.3, -0.25) is 9.69 Å². The largest absolute Gasteiger partial charge is 0.340 e. The summed E-state index contributed by atoms with van der Waals surface area (Å²) in [7, 11) is 4.38. The van der Waals surface area contributed by atoms with Crippen LogP contribution in [-0.2, 0) is 4.79 Å². The lowest BCUT2D eigenvalue weighted by Crippen LogP contribution is -2.54. The van der Waals surface area contributed by atoms with Crippen LogP contribution in [0.5, 0.6) is 0 Å². The molecule has 0 saturated carbocycles. The van der Waals surface area contributed by atoms with E-state index in [1.807, 2.05) is 4.90 Å². The third-order valence-electron chi connectivity index (χ3n) is 4.60. The van der Waals surface area contributed by atoms with Gasteiger partial charge in [0.2, 0.25) is 5.91 Å². The van der Waals surface area contributed by atoms with Crippen LogP contribution >= 0.6 is 0 Å². The molecule has 1 unspecified atom stereocenters. The molecule has 0 bridgehead atoms. The molecule has 2 rings (SSSR count). The second-order valence-corrected chi connectivity index (χ2v) is 6.03. The molecular weight excluding hydrogens is 240 g/mol. The molecule has 0 aromatic carbocycles. The second-order valence-electron chi connectivity index (χ2n) is 6.03. The van der Waals surface area contributed by atoms with Gasteiger partial charge in [0.1, 0.15) is 0 Å². The number of likely N-dealkylation sites (N-methyl/N-ethyl adjacent to an activating group) is 2. The molecule has 1 amide bonds. The lowest BCUT2D eigenvalue weighted by atomic mass is 10.1. The van der Waals surface area contributed by atoms with Crippen molar-refractivity contribution in [1.82, 2.24) is 19.6 Å². The van der Waals surface area contributed by atoms with Gasteiger partial charge < -0.3 is 14.7 Å². The maximum Gasteiger partial charge on any atom is 0.219 e. The molecule has 0 aromatic heterocycles. The molecule has 0 aliphatic carbocycles. The SMILES string of the molecule is CC(=O)N1CCN(C)C(CCN2CCN(C)CC2)C1. The first-order valence-electron chi connectivity index (χ1n) is 7.43. The molecular formula is C14H28N4O. The molecule has 5 nitrogen and oxygen atoms in total. The molecule has 0 aromatic rings. The number of piperazine rings is 2. The molecule has 2 heterocycles. The Hall–Kier alpha value is -0.650. The summed E-state index contributed by atoms with van der Waals surface area (Å²) in [5.41, 5.74) is 0. The van der Waals surface area contributed by atoms with E-state index in [0.717, 1.165) is 26.2 Å². The van der Waals surface area contributed by atoms with Crippen molar-refractivity contribution >= 4 is 5.91 Å². The van der Waals surface area contributed by atoms with Crippen LogP contribution in [0.25, 0.3) is 0 Å². The lowest BCUT2D eigenvalue weighted by Gasteiger charge is -2.40. The van der Waals surface area contributed by atoms with Gasteiger partial charge in [-0.25, -0.2) is 0 Å². The molecule has 110 valence electrons. The van der Waals surface area contributed by atoms with Crippen molar-refractivity contribution in [3.63, 3.8) is 0 Å². The predicted octanol–water partition coefficient (Wildman–Crippen LogP) is -0.214. The Morgan fingerprint density at radius 3 is 2.37 bits per heavy atom. The van der Waals surface area contributed by atoms with Gasteiger partial charge in [-0.15, -0.1) is 0 Å². The van der Waals surface area contributed by atoms with Crippen molar-refractivity contribution in [3.8, 4) is 0 Å². The standard InChI is InChI=1S/C14H28N4O/c1-13(19)18-11-8-16(3)14(12-18)4-5-17-9-6-15(2)7-10-17/h14H,4-12H2,1-3H3. The van der Waals surface area contributed by atoms with E-state index in [2.05, 4.69) is 28.8 Å². The second kappa shape index (κ2) is 6.68. The monoisotopic (exact) mass is 268 g/mol. The third-order valence-corrected chi connectivity index (χ3v) is 4.60. The summed E-state index contributed by atoms with van der Waals surface area (Å²) in [5, 5.41) is 0. The van der Waals surface area contributed by atoms with Gasteiger partial charge in [0.05, 0.1) is 0 Å². The fourth-order valence-electron chi connectivity index (χ4n) is 2.95. The number of hydrogen-bond acceptors (Lipinski definition) is 4. The highest BCUT2D eigenvalue weighted by molar-refractivity contribution is 5.73.